The maximum absolute atomic E-state index is 12.5. The number of aryl methyl sites for hydroxylation is 1. The summed E-state index contributed by atoms with van der Waals surface area (Å²) in [6.45, 7) is 2.70. The molecule has 0 radical (unpaired) electrons. The molecule has 0 saturated heterocycles. The van der Waals surface area contributed by atoms with Gasteiger partial charge >= 0.3 is 0 Å². The lowest BCUT2D eigenvalue weighted by atomic mass is 10.1. The zero-order chi connectivity index (χ0) is 20.6. The van der Waals surface area contributed by atoms with Crippen LogP contribution in [0, 0.1) is 0 Å². The van der Waals surface area contributed by atoms with Crippen LogP contribution in [0.5, 0.6) is 0 Å². The molecular formula is C21H21N3O3S2. The van der Waals surface area contributed by atoms with Crippen molar-refractivity contribution in [3.05, 3.63) is 60.0 Å². The maximum Gasteiger partial charge on any atom is 0.252 e. The number of sulfonamides is 1. The molecule has 0 bridgehead atoms. The minimum atomic E-state index is -3.66. The van der Waals surface area contributed by atoms with Crippen molar-refractivity contribution in [1.82, 2.24) is 8.87 Å². The number of carbonyl (C=O) groups is 1. The quantitative estimate of drug-likeness (QED) is 0.503. The molecular weight excluding hydrogens is 406 g/mol. The predicted octanol–water partition coefficient (Wildman–Crippen LogP) is 4.14. The van der Waals surface area contributed by atoms with E-state index in [-0.39, 0.29) is 16.7 Å². The fourth-order valence-corrected chi connectivity index (χ4v) is 5.85. The van der Waals surface area contributed by atoms with Gasteiger partial charge in [0.25, 0.3) is 10.0 Å². The van der Waals surface area contributed by atoms with Crippen LogP contribution in [0.1, 0.15) is 6.92 Å². The Labute approximate surface area is 173 Å². The Morgan fingerprint density at radius 3 is 2.55 bits per heavy atom. The zero-order valence-electron chi connectivity index (χ0n) is 16.1. The van der Waals surface area contributed by atoms with Crippen LogP contribution in [0.2, 0.25) is 0 Å². The topological polar surface area (TPSA) is 71.4 Å². The number of hydrogen-bond acceptors (Lipinski definition) is 4. The number of nitrogens with one attached hydrogen (secondary N) is 1. The number of anilines is 1. The van der Waals surface area contributed by atoms with Gasteiger partial charge in [-0.05, 0) is 42.6 Å². The molecule has 0 saturated carbocycles. The Hall–Kier alpha value is -2.68. The van der Waals surface area contributed by atoms with Crippen molar-refractivity contribution in [2.75, 3.05) is 18.9 Å². The van der Waals surface area contributed by atoms with Crippen molar-refractivity contribution in [1.29, 1.82) is 0 Å². The Bertz CT molecular complexity index is 1290. The molecule has 8 heteroatoms. The third-order valence-electron chi connectivity index (χ3n) is 4.90. The molecule has 0 aliphatic rings. The molecule has 0 atom stereocenters. The molecule has 1 N–H and O–H groups in total. The smallest absolute Gasteiger partial charge is 0.252 e. The molecule has 2 heterocycles. The van der Waals surface area contributed by atoms with Crippen molar-refractivity contribution in [2.24, 2.45) is 0 Å². The van der Waals surface area contributed by atoms with E-state index in [0.29, 0.717) is 5.69 Å². The number of hydrogen-bond donors (Lipinski definition) is 1. The van der Waals surface area contributed by atoms with Gasteiger partial charge < -0.3 is 9.88 Å². The van der Waals surface area contributed by atoms with Crippen LogP contribution in [0.15, 0.2) is 64.2 Å². The number of carbonyl (C=O) groups excluding carboxylic acids is 1. The van der Waals surface area contributed by atoms with Crippen LogP contribution in [0.4, 0.5) is 5.69 Å². The molecule has 4 rings (SSSR count). The van der Waals surface area contributed by atoms with Gasteiger partial charge in [0.1, 0.15) is 4.21 Å². The summed E-state index contributed by atoms with van der Waals surface area (Å²) in [6.07, 6.45) is 0. The molecule has 29 heavy (non-hydrogen) atoms. The standard InChI is InChI=1S/C21H21N3O3S2/c1-3-24-18-8-5-4-7-16(18)17-13-15(10-11-19(17)24)22-20(25)14-23(2)29(26,27)21-9-6-12-28-21/h4-13H,3,14H2,1-2H3,(H,22,25). The van der Waals surface area contributed by atoms with E-state index in [0.717, 1.165) is 44.0 Å². The second kappa shape index (κ2) is 7.62. The first-order valence-electron chi connectivity index (χ1n) is 9.22. The van der Waals surface area contributed by atoms with Crippen LogP contribution in [-0.2, 0) is 21.4 Å². The molecule has 1 amide bonds. The summed E-state index contributed by atoms with van der Waals surface area (Å²) < 4.78 is 28.5. The van der Waals surface area contributed by atoms with Gasteiger partial charge in [-0.3, -0.25) is 4.79 Å². The number of rotatable bonds is 6. The third-order valence-corrected chi connectivity index (χ3v) is 8.07. The van der Waals surface area contributed by atoms with Crippen molar-refractivity contribution in [2.45, 2.75) is 17.7 Å². The first-order chi connectivity index (χ1) is 13.9. The van der Waals surface area contributed by atoms with Gasteiger partial charge in [-0.1, -0.05) is 24.3 Å². The fraction of sp³-hybridized carbons (Fsp3) is 0.190. The molecule has 6 nitrogen and oxygen atoms in total. The molecule has 2 aromatic heterocycles. The van der Waals surface area contributed by atoms with Gasteiger partial charge in [0.15, 0.2) is 0 Å². The molecule has 0 aliphatic carbocycles. The highest BCUT2D eigenvalue weighted by Crippen LogP contribution is 2.31. The highest BCUT2D eigenvalue weighted by atomic mass is 32.2. The van der Waals surface area contributed by atoms with Crippen LogP contribution in [0.25, 0.3) is 21.8 Å². The first kappa shape index (κ1) is 19.6. The second-order valence-electron chi connectivity index (χ2n) is 6.73. The van der Waals surface area contributed by atoms with E-state index in [1.54, 1.807) is 11.4 Å². The van der Waals surface area contributed by atoms with Crippen molar-refractivity contribution in [3.63, 3.8) is 0 Å². The van der Waals surface area contributed by atoms with E-state index < -0.39 is 10.0 Å². The number of aromatic nitrogens is 1. The molecule has 0 unspecified atom stereocenters. The van der Waals surface area contributed by atoms with Gasteiger partial charge in [0, 0.05) is 41.1 Å². The largest absolute Gasteiger partial charge is 0.341 e. The van der Waals surface area contributed by atoms with E-state index >= 15 is 0 Å². The monoisotopic (exact) mass is 427 g/mol. The summed E-state index contributed by atoms with van der Waals surface area (Å²) in [4.78, 5) is 12.5. The number of thiophene rings is 1. The van der Waals surface area contributed by atoms with Gasteiger partial charge in [0.2, 0.25) is 5.91 Å². The Balaban J connectivity index is 1.58. The Morgan fingerprint density at radius 2 is 1.83 bits per heavy atom. The number of likely N-dealkylation sites (N-methyl/N-ethyl adjacent to an activating group) is 1. The number of para-hydroxylation sites is 1. The van der Waals surface area contributed by atoms with Gasteiger partial charge in [-0.25, -0.2) is 8.42 Å². The molecule has 150 valence electrons. The predicted molar refractivity (Wildman–Crippen MR) is 118 cm³/mol. The summed E-state index contributed by atoms with van der Waals surface area (Å²) in [7, 11) is -2.25. The second-order valence-corrected chi connectivity index (χ2v) is 9.95. The van der Waals surface area contributed by atoms with Crippen molar-refractivity contribution in [3.8, 4) is 0 Å². The van der Waals surface area contributed by atoms with Crippen LogP contribution < -0.4 is 5.32 Å². The maximum atomic E-state index is 12.5. The summed E-state index contributed by atoms with van der Waals surface area (Å²) in [6, 6.07) is 17.1. The summed E-state index contributed by atoms with van der Waals surface area (Å²) >= 11 is 1.13. The lowest BCUT2D eigenvalue weighted by molar-refractivity contribution is -0.116. The van der Waals surface area contributed by atoms with Crippen LogP contribution >= 0.6 is 11.3 Å². The summed E-state index contributed by atoms with van der Waals surface area (Å²) in [5, 5.41) is 6.70. The molecule has 0 aliphatic heterocycles. The zero-order valence-corrected chi connectivity index (χ0v) is 17.8. The Morgan fingerprint density at radius 1 is 1.07 bits per heavy atom. The minimum Gasteiger partial charge on any atom is -0.341 e. The van der Waals surface area contributed by atoms with E-state index in [1.165, 1.54) is 13.1 Å². The SMILES string of the molecule is CCn1c2ccccc2c2cc(NC(=O)CN(C)S(=O)(=O)c3cccs3)ccc21. The van der Waals surface area contributed by atoms with Gasteiger partial charge in [-0.2, -0.15) is 4.31 Å². The third kappa shape index (κ3) is 3.55. The normalized spacial score (nSPS) is 12.1. The van der Waals surface area contributed by atoms with Gasteiger partial charge in [0.05, 0.1) is 6.54 Å². The molecule has 0 fully saturated rings. The van der Waals surface area contributed by atoms with Crippen LogP contribution in [0.3, 0.4) is 0 Å². The van der Waals surface area contributed by atoms with Crippen molar-refractivity contribution >= 4 is 54.8 Å². The average molecular weight is 428 g/mol. The molecule has 2 aromatic carbocycles. The fourth-order valence-electron chi connectivity index (χ4n) is 3.52. The van der Waals surface area contributed by atoms with E-state index in [4.69, 9.17) is 0 Å². The van der Waals surface area contributed by atoms with E-state index in [9.17, 15) is 13.2 Å². The van der Waals surface area contributed by atoms with E-state index in [1.807, 2.05) is 30.3 Å². The minimum absolute atomic E-state index is 0.224. The number of nitrogens with zero attached hydrogens (tertiary/aromatic N) is 2. The first-order valence-corrected chi connectivity index (χ1v) is 11.5. The lowest BCUT2D eigenvalue weighted by Crippen LogP contribution is -2.34. The summed E-state index contributed by atoms with van der Waals surface area (Å²) in [5.41, 5.74) is 2.89. The number of amides is 1. The molecule has 0 spiro atoms. The van der Waals surface area contributed by atoms with Gasteiger partial charge in [-0.15, -0.1) is 11.3 Å². The number of fused-ring (bicyclic) bond motifs is 3. The highest BCUT2D eigenvalue weighted by Gasteiger charge is 2.24. The average Bonchev–Trinajstić information content (AvgIpc) is 3.34. The van der Waals surface area contributed by atoms with Crippen LogP contribution in [-0.4, -0.2) is 36.8 Å². The van der Waals surface area contributed by atoms with E-state index in [2.05, 4.69) is 28.9 Å². The lowest BCUT2D eigenvalue weighted by Gasteiger charge is -2.15. The summed E-state index contributed by atoms with van der Waals surface area (Å²) in [5.74, 6) is -0.383. The molecule has 4 aromatic rings. The van der Waals surface area contributed by atoms with Crippen molar-refractivity contribution < 1.29 is 13.2 Å². The highest BCUT2D eigenvalue weighted by molar-refractivity contribution is 7.91. The Kier molecular flexibility index (Phi) is 5.16. The number of benzene rings is 2.